The summed E-state index contributed by atoms with van der Waals surface area (Å²) in [5.41, 5.74) is 5.09. The van der Waals surface area contributed by atoms with Crippen LogP contribution in [0, 0.1) is 20.8 Å². The fourth-order valence-electron chi connectivity index (χ4n) is 2.70. The van der Waals surface area contributed by atoms with Crippen molar-refractivity contribution in [3.63, 3.8) is 0 Å². The van der Waals surface area contributed by atoms with E-state index in [-0.39, 0.29) is 0 Å². The van der Waals surface area contributed by atoms with E-state index in [1.54, 1.807) is 12.1 Å². The maximum atomic E-state index is 12.0. The Morgan fingerprint density at radius 1 is 0.926 bits per heavy atom. The predicted octanol–water partition coefficient (Wildman–Crippen LogP) is 4.68. The van der Waals surface area contributed by atoms with Gasteiger partial charge in [0.15, 0.2) is 0 Å². The summed E-state index contributed by atoms with van der Waals surface area (Å²) in [4.78, 5) is 21.0. The average Bonchev–Trinajstić information content (AvgIpc) is 2.64. The minimum absolute atomic E-state index is 0.405. The van der Waals surface area contributed by atoms with Crippen LogP contribution in [0.25, 0.3) is 0 Å². The first-order valence-electron chi connectivity index (χ1n) is 8.60. The minimum atomic E-state index is -0.405. The fraction of sp³-hybridized carbons (Fsp3) is 0.190. The Labute approximate surface area is 158 Å². The van der Waals surface area contributed by atoms with Crippen LogP contribution < -0.4 is 10.6 Å². The van der Waals surface area contributed by atoms with Gasteiger partial charge >= 0.3 is 5.97 Å². The van der Waals surface area contributed by atoms with Gasteiger partial charge < -0.3 is 15.4 Å². The highest BCUT2D eigenvalue weighted by atomic mass is 16.5. The first-order valence-corrected chi connectivity index (χ1v) is 8.60. The van der Waals surface area contributed by atoms with Crippen molar-refractivity contribution in [2.24, 2.45) is 0 Å². The summed E-state index contributed by atoms with van der Waals surface area (Å²) >= 11 is 0. The van der Waals surface area contributed by atoms with Crippen molar-refractivity contribution in [2.75, 3.05) is 17.7 Å². The number of methoxy groups -OCH3 is 1. The Balaban J connectivity index is 1.91. The van der Waals surface area contributed by atoms with Gasteiger partial charge in [-0.25, -0.2) is 9.78 Å². The van der Waals surface area contributed by atoms with Crippen molar-refractivity contribution in [3.05, 3.63) is 70.9 Å². The molecule has 0 bridgehead atoms. The van der Waals surface area contributed by atoms with Crippen molar-refractivity contribution in [3.8, 4) is 0 Å². The Morgan fingerprint density at radius 2 is 1.70 bits per heavy atom. The summed E-state index contributed by atoms with van der Waals surface area (Å²) in [5, 5.41) is 6.46. The van der Waals surface area contributed by atoms with Gasteiger partial charge in [0.05, 0.1) is 18.4 Å². The largest absolute Gasteiger partial charge is 0.465 e. The average molecular weight is 362 g/mol. The molecule has 0 saturated heterocycles. The number of anilines is 4. The third-order valence-corrected chi connectivity index (χ3v) is 4.09. The lowest BCUT2D eigenvalue weighted by Gasteiger charge is -2.13. The normalized spacial score (nSPS) is 10.4. The molecule has 0 fully saturated rings. The Kier molecular flexibility index (Phi) is 5.35. The maximum Gasteiger partial charge on any atom is 0.339 e. The first kappa shape index (κ1) is 18.4. The summed E-state index contributed by atoms with van der Waals surface area (Å²) in [6.07, 6.45) is 0. The van der Waals surface area contributed by atoms with E-state index in [0.717, 1.165) is 22.5 Å². The van der Waals surface area contributed by atoms with Crippen LogP contribution in [0.15, 0.2) is 48.5 Å². The molecule has 2 N–H and O–H groups in total. The number of rotatable bonds is 5. The second-order valence-electron chi connectivity index (χ2n) is 6.32. The van der Waals surface area contributed by atoms with Crippen LogP contribution in [0.3, 0.4) is 0 Å². The van der Waals surface area contributed by atoms with Crippen LogP contribution in [-0.2, 0) is 4.74 Å². The number of carbonyl (C=O) groups excluding carboxylic acids is 1. The van der Waals surface area contributed by atoms with E-state index in [1.807, 2.05) is 39.0 Å². The number of benzene rings is 2. The second kappa shape index (κ2) is 7.86. The molecule has 27 heavy (non-hydrogen) atoms. The Morgan fingerprint density at radius 3 is 2.48 bits per heavy atom. The van der Waals surface area contributed by atoms with E-state index >= 15 is 0 Å². The standard InChI is InChI=1S/C21H22N4O2/c1-13-9-10-14(2)18(11-13)24-21-22-15(3)12-19(25-21)23-17-8-6-5-7-16(17)20(26)27-4/h5-12H,1-4H3,(H2,22,23,24,25). The summed E-state index contributed by atoms with van der Waals surface area (Å²) in [7, 11) is 1.36. The molecule has 0 atom stereocenters. The number of ether oxygens (including phenoxy) is 1. The number of aryl methyl sites for hydroxylation is 3. The highest BCUT2D eigenvalue weighted by Crippen LogP contribution is 2.24. The van der Waals surface area contributed by atoms with Gasteiger partial charge in [-0.3, -0.25) is 0 Å². The van der Waals surface area contributed by atoms with Crippen LogP contribution in [0.5, 0.6) is 0 Å². The van der Waals surface area contributed by atoms with Gasteiger partial charge in [0.2, 0.25) is 5.95 Å². The fourth-order valence-corrected chi connectivity index (χ4v) is 2.70. The molecule has 2 aromatic carbocycles. The molecule has 0 aliphatic carbocycles. The molecule has 3 aromatic rings. The zero-order chi connectivity index (χ0) is 19.4. The van der Waals surface area contributed by atoms with E-state index in [2.05, 4.69) is 38.8 Å². The van der Waals surface area contributed by atoms with E-state index in [1.165, 1.54) is 7.11 Å². The molecule has 6 nitrogen and oxygen atoms in total. The molecule has 0 aliphatic rings. The molecule has 138 valence electrons. The molecule has 3 rings (SSSR count). The Hall–Kier alpha value is -3.41. The highest BCUT2D eigenvalue weighted by molar-refractivity contribution is 5.96. The molecule has 0 radical (unpaired) electrons. The zero-order valence-electron chi connectivity index (χ0n) is 15.8. The molecule has 1 aromatic heterocycles. The summed E-state index contributed by atoms with van der Waals surface area (Å²) in [5.74, 6) is 0.672. The van der Waals surface area contributed by atoms with Gasteiger partial charge in [0.1, 0.15) is 5.82 Å². The molecular formula is C21H22N4O2. The van der Waals surface area contributed by atoms with Crippen LogP contribution in [0.2, 0.25) is 0 Å². The lowest BCUT2D eigenvalue weighted by molar-refractivity contribution is 0.0602. The van der Waals surface area contributed by atoms with Gasteiger partial charge in [0, 0.05) is 17.4 Å². The van der Waals surface area contributed by atoms with Crippen LogP contribution >= 0.6 is 0 Å². The number of hydrogen-bond acceptors (Lipinski definition) is 6. The highest BCUT2D eigenvalue weighted by Gasteiger charge is 2.12. The number of esters is 1. The number of para-hydroxylation sites is 1. The Bertz CT molecular complexity index is 986. The number of aromatic nitrogens is 2. The monoisotopic (exact) mass is 362 g/mol. The summed E-state index contributed by atoms with van der Waals surface area (Å²) in [6, 6.07) is 15.1. The molecule has 0 saturated carbocycles. The maximum absolute atomic E-state index is 12.0. The second-order valence-corrected chi connectivity index (χ2v) is 6.32. The quantitative estimate of drug-likeness (QED) is 0.642. The number of nitrogens with zero attached hydrogens (tertiary/aromatic N) is 2. The third-order valence-electron chi connectivity index (χ3n) is 4.09. The minimum Gasteiger partial charge on any atom is -0.465 e. The van der Waals surface area contributed by atoms with E-state index in [9.17, 15) is 4.79 Å². The summed E-state index contributed by atoms with van der Waals surface area (Å²) < 4.78 is 4.84. The van der Waals surface area contributed by atoms with Crippen LogP contribution in [-0.4, -0.2) is 23.0 Å². The molecular weight excluding hydrogens is 340 g/mol. The van der Waals surface area contributed by atoms with Gasteiger partial charge in [-0.2, -0.15) is 4.98 Å². The van der Waals surface area contributed by atoms with Gasteiger partial charge in [0.25, 0.3) is 0 Å². The van der Waals surface area contributed by atoms with E-state index < -0.39 is 5.97 Å². The topological polar surface area (TPSA) is 76.1 Å². The van der Waals surface area contributed by atoms with Gasteiger partial charge in [-0.1, -0.05) is 24.3 Å². The molecule has 6 heteroatoms. The van der Waals surface area contributed by atoms with Gasteiger partial charge in [-0.05, 0) is 50.1 Å². The van der Waals surface area contributed by atoms with Gasteiger partial charge in [-0.15, -0.1) is 0 Å². The van der Waals surface area contributed by atoms with Crippen molar-refractivity contribution in [1.82, 2.24) is 9.97 Å². The lowest BCUT2D eigenvalue weighted by atomic mass is 10.1. The molecule has 0 amide bonds. The SMILES string of the molecule is COC(=O)c1ccccc1Nc1cc(C)nc(Nc2cc(C)ccc2C)n1. The van der Waals surface area contributed by atoms with Crippen LogP contribution in [0.1, 0.15) is 27.2 Å². The zero-order valence-corrected chi connectivity index (χ0v) is 15.8. The molecule has 0 unspecified atom stereocenters. The molecule has 0 spiro atoms. The van der Waals surface area contributed by atoms with Crippen molar-refractivity contribution in [1.29, 1.82) is 0 Å². The smallest absolute Gasteiger partial charge is 0.339 e. The van der Waals surface area contributed by atoms with E-state index in [0.29, 0.717) is 23.0 Å². The van der Waals surface area contributed by atoms with Crippen molar-refractivity contribution in [2.45, 2.75) is 20.8 Å². The number of hydrogen-bond donors (Lipinski definition) is 2. The molecule has 1 heterocycles. The number of nitrogens with one attached hydrogen (secondary N) is 2. The lowest BCUT2D eigenvalue weighted by Crippen LogP contribution is -2.07. The van der Waals surface area contributed by atoms with Crippen LogP contribution in [0.4, 0.5) is 23.1 Å². The molecule has 0 aliphatic heterocycles. The van der Waals surface area contributed by atoms with Crippen molar-refractivity contribution >= 4 is 29.1 Å². The summed E-state index contributed by atoms with van der Waals surface area (Å²) in [6.45, 7) is 5.97. The predicted molar refractivity (Wildman–Crippen MR) is 107 cm³/mol. The first-order chi connectivity index (χ1) is 13.0. The third kappa shape index (κ3) is 4.41. The van der Waals surface area contributed by atoms with E-state index in [4.69, 9.17) is 4.74 Å². The number of carbonyl (C=O) groups is 1. The van der Waals surface area contributed by atoms with Crippen molar-refractivity contribution < 1.29 is 9.53 Å².